The lowest BCUT2D eigenvalue weighted by Gasteiger charge is -2.35. The quantitative estimate of drug-likeness (QED) is 0.463. The number of amides is 3. The third kappa shape index (κ3) is 7.54. The Morgan fingerprint density at radius 1 is 0.953 bits per heavy atom. The van der Waals surface area contributed by atoms with E-state index in [1.54, 1.807) is 22.9 Å². The van der Waals surface area contributed by atoms with Gasteiger partial charge in [-0.05, 0) is 60.7 Å². The van der Waals surface area contributed by atoms with Crippen molar-refractivity contribution >= 4 is 23.4 Å². The smallest absolute Gasteiger partial charge is 0.254 e. The van der Waals surface area contributed by atoms with E-state index in [0.717, 1.165) is 43.7 Å². The van der Waals surface area contributed by atoms with E-state index < -0.39 is 5.82 Å². The molecule has 5 rings (SSSR count). The molecule has 1 aliphatic carbocycles. The molecule has 2 heterocycles. The zero-order chi connectivity index (χ0) is 30.3. The number of carbonyl (C=O) groups is 3. The number of hydrogen-bond acceptors (Lipinski definition) is 4. The molecule has 0 spiro atoms. The Morgan fingerprint density at radius 2 is 1.65 bits per heavy atom. The molecular formula is C33H46FN5O4+2. The van der Waals surface area contributed by atoms with Crippen LogP contribution in [0.4, 0.5) is 10.1 Å². The van der Waals surface area contributed by atoms with Crippen molar-refractivity contribution in [3.8, 4) is 5.75 Å². The van der Waals surface area contributed by atoms with Crippen LogP contribution < -0.4 is 20.7 Å². The molecule has 232 valence electrons. The summed E-state index contributed by atoms with van der Waals surface area (Å²) in [6.07, 6.45) is 8.10. The van der Waals surface area contributed by atoms with Crippen LogP contribution in [0.25, 0.3) is 0 Å². The zero-order valence-corrected chi connectivity index (χ0v) is 25.4. The number of quaternary nitrogens is 2. The van der Waals surface area contributed by atoms with Crippen molar-refractivity contribution in [1.82, 2.24) is 9.80 Å². The summed E-state index contributed by atoms with van der Waals surface area (Å²) in [5.74, 6) is 0.257. The highest BCUT2D eigenvalue weighted by Gasteiger charge is 2.29. The summed E-state index contributed by atoms with van der Waals surface area (Å²) >= 11 is 0. The molecule has 2 aromatic rings. The average molecular weight is 596 g/mol. The van der Waals surface area contributed by atoms with E-state index in [4.69, 9.17) is 4.74 Å². The van der Waals surface area contributed by atoms with Gasteiger partial charge in [0.1, 0.15) is 18.1 Å². The fourth-order valence-corrected chi connectivity index (χ4v) is 6.49. The Kier molecular flexibility index (Phi) is 10.3. The number of nitrogens with two attached hydrogens (primary N) is 1. The summed E-state index contributed by atoms with van der Waals surface area (Å²) in [7, 11) is 1.59. The Morgan fingerprint density at radius 3 is 2.30 bits per heavy atom. The van der Waals surface area contributed by atoms with E-state index in [1.165, 1.54) is 36.3 Å². The number of anilines is 1. The second kappa shape index (κ2) is 14.3. The van der Waals surface area contributed by atoms with Crippen LogP contribution in [0.15, 0.2) is 36.4 Å². The third-order valence-electron chi connectivity index (χ3n) is 9.10. The third-order valence-corrected chi connectivity index (χ3v) is 9.10. The maximum Gasteiger partial charge on any atom is 0.254 e. The molecular weight excluding hydrogens is 549 g/mol. The lowest BCUT2D eigenvalue weighted by Crippen LogP contribution is -2.81. The van der Waals surface area contributed by atoms with Gasteiger partial charge in [0, 0.05) is 69.3 Å². The summed E-state index contributed by atoms with van der Waals surface area (Å²) in [6.45, 7) is 4.18. The van der Waals surface area contributed by atoms with E-state index in [1.807, 2.05) is 18.2 Å². The molecule has 0 bridgehead atoms. The van der Waals surface area contributed by atoms with Gasteiger partial charge in [0.05, 0.1) is 13.1 Å². The van der Waals surface area contributed by atoms with Gasteiger partial charge in [-0.15, -0.1) is 0 Å². The van der Waals surface area contributed by atoms with Gasteiger partial charge in [-0.2, -0.15) is 0 Å². The number of ether oxygens (including phenoxy) is 1. The normalized spacial score (nSPS) is 19.4. The van der Waals surface area contributed by atoms with Gasteiger partial charge in [0.25, 0.3) is 11.8 Å². The highest BCUT2D eigenvalue weighted by molar-refractivity contribution is 5.98. The second-order valence-electron chi connectivity index (χ2n) is 12.1. The van der Waals surface area contributed by atoms with Crippen molar-refractivity contribution in [2.45, 2.75) is 63.4 Å². The minimum absolute atomic E-state index is 0.0413. The highest BCUT2D eigenvalue weighted by atomic mass is 19.1. The van der Waals surface area contributed by atoms with Crippen LogP contribution >= 0.6 is 0 Å². The number of rotatable bonds is 9. The number of halogens is 1. The van der Waals surface area contributed by atoms with Crippen molar-refractivity contribution in [2.24, 2.45) is 0 Å². The molecule has 10 heteroatoms. The van der Waals surface area contributed by atoms with E-state index in [2.05, 4.69) is 11.1 Å². The topological polar surface area (TPSA) is 114 Å². The molecule has 3 amide bonds. The Bertz CT molecular complexity index is 1300. The molecule has 2 aromatic carbocycles. The minimum atomic E-state index is -0.571. The van der Waals surface area contributed by atoms with Crippen LogP contribution in [0.2, 0.25) is 0 Å². The predicted molar refractivity (Wildman–Crippen MR) is 162 cm³/mol. The van der Waals surface area contributed by atoms with Crippen LogP contribution in [0, 0.1) is 5.82 Å². The van der Waals surface area contributed by atoms with Crippen LogP contribution in [0.5, 0.6) is 5.75 Å². The average Bonchev–Trinajstić information content (AvgIpc) is 3.56. The van der Waals surface area contributed by atoms with Gasteiger partial charge in [0.15, 0.2) is 6.10 Å². The first-order valence-electron chi connectivity index (χ1n) is 15.9. The first-order valence-corrected chi connectivity index (χ1v) is 15.9. The molecule has 1 atom stereocenters. The summed E-state index contributed by atoms with van der Waals surface area (Å²) in [5, 5.41) is 2.28. The Balaban J connectivity index is 1.24. The number of benzene rings is 2. The van der Waals surface area contributed by atoms with Crippen LogP contribution in [-0.2, 0) is 4.79 Å². The molecule has 43 heavy (non-hydrogen) atoms. The SMILES string of the molecule is CN(C(=O)CCC[NH3+])c1cc(F)cc(C(=O)N2CCN(C(=O)c3ccc(O[C@H]4CC[NH2+]C4)c(C4CCCCC4)c3)CC2)c1. The summed E-state index contributed by atoms with van der Waals surface area (Å²) in [4.78, 5) is 44.3. The number of nitrogens with zero attached hydrogens (tertiary/aromatic N) is 3. The molecule has 3 fully saturated rings. The molecule has 0 unspecified atom stereocenters. The first kappa shape index (κ1) is 30.9. The Labute approximate surface area is 253 Å². The number of hydrogen-bond donors (Lipinski definition) is 2. The lowest BCUT2D eigenvalue weighted by atomic mass is 9.83. The van der Waals surface area contributed by atoms with Crippen molar-refractivity contribution in [2.75, 3.05) is 57.8 Å². The molecule has 0 radical (unpaired) electrons. The van der Waals surface area contributed by atoms with Crippen molar-refractivity contribution in [3.05, 3.63) is 58.9 Å². The summed E-state index contributed by atoms with van der Waals surface area (Å²) in [6, 6.07) is 9.94. The molecule has 5 N–H and O–H groups in total. The fraction of sp³-hybridized carbons (Fsp3) is 0.545. The van der Waals surface area contributed by atoms with Gasteiger partial charge in [0.2, 0.25) is 5.91 Å². The molecule has 9 nitrogen and oxygen atoms in total. The lowest BCUT2D eigenvalue weighted by molar-refractivity contribution is -0.638. The second-order valence-corrected chi connectivity index (χ2v) is 12.1. The van der Waals surface area contributed by atoms with E-state index in [-0.39, 0.29) is 29.4 Å². The summed E-state index contributed by atoms with van der Waals surface area (Å²) < 4.78 is 20.9. The summed E-state index contributed by atoms with van der Waals surface area (Å²) in [5.41, 5.74) is 6.11. The molecule has 1 saturated carbocycles. The predicted octanol–water partition coefficient (Wildman–Crippen LogP) is 2.17. The van der Waals surface area contributed by atoms with Gasteiger partial charge in [-0.1, -0.05) is 19.3 Å². The first-order chi connectivity index (χ1) is 20.8. The van der Waals surface area contributed by atoms with Gasteiger partial charge in [-0.25, -0.2) is 4.39 Å². The van der Waals surface area contributed by atoms with Gasteiger partial charge >= 0.3 is 0 Å². The van der Waals surface area contributed by atoms with Gasteiger partial charge in [-0.3, -0.25) is 14.4 Å². The molecule has 2 aliphatic heterocycles. The van der Waals surface area contributed by atoms with E-state index in [9.17, 15) is 18.8 Å². The Hall–Kier alpha value is -3.50. The monoisotopic (exact) mass is 595 g/mol. The van der Waals surface area contributed by atoms with Crippen molar-refractivity contribution < 1.29 is 34.6 Å². The van der Waals surface area contributed by atoms with Gasteiger partial charge < -0.3 is 30.5 Å². The fourth-order valence-electron chi connectivity index (χ4n) is 6.49. The standard InChI is InChI=1S/C33H44FN5O4/c1-37(31(40)8-5-12-35)27-19-25(18-26(34)21-27)33(42)39-16-14-38(15-17-39)32(41)24-9-10-30(43-28-11-13-36-22-28)29(20-24)23-6-3-2-4-7-23/h9-10,18-21,23,28,36H,2-8,11-17,22,35H2,1H3/p+2/t28-/m0/s1. The van der Waals surface area contributed by atoms with E-state index in [0.29, 0.717) is 62.7 Å². The molecule has 2 saturated heterocycles. The van der Waals surface area contributed by atoms with Crippen molar-refractivity contribution in [3.63, 3.8) is 0 Å². The highest BCUT2D eigenvalue weighted by Crippen LogP contribution is 2.38. The van der Waals surface area contributed by atoms with E-state index >= 15 is 0 Å². The van der Waals surface area contributed by atoms with Crippen LogP contribution in [-0.4, -0.2) is 86.5 Å². The largest absolute Gasteiger partial charge is 0.484 e. The molecule has 0 aromatic heterocycles. The van der Waals surface area contributed by atoms with Crippen LogP contribution in [0.1, 0.15) is 83.6 Å². The molecule has 3 aliphatic rings. The van der Waals surface area contributed by atoms with Crippen LogP contribution in [0.3, 0.4) is 0 Å². The number of piperazine rings is 1. The zero-order valence-electron chi connectivity index (χ0n) is 25.4. The maximum absolute atomic E-state index is 14.5. The van der Waals surface area contributed by atoms with Crippen molar-refractivity contribution in [1.29, 1.82) is 0 Å². The number of carbonyl (C=O) groups excluding carboxylic acids is 3. The minimum Gasteiger partial charge on any atom is -0.484 e. The maximum atomic E-state index is 14.5.